The number of hydrogen-bond acceptors (Lipinski definition) is 2. The molecule has 1 aromatic carbocycles. The third kappa shape index (κ3) is 4.28. The fourth-order valence-electron chi connectivity index (χ4n) is 6.28. The van der Waals surface area contributed by atoms with Crippen LogP contribution in [0.15, 0.2) is 36.9 Å². The SMILES string of the molecule is C=CC(=O)N1CC2(CCN(C(=O)[C@H]3CCC(C)(C)C[C@@H]3c3ccccc3Cl)C(C)C2)C1. The predicted octanol–water partition coefficient (Wildman–Crippen LogP) is 5.28. The Hall–Kier alpha value is -1.81. The lowest BCUT2D eigenvalue weighted by molar-refractivity contribution is -0.153. The third-order valence-corrected chi connectivity index (χ3v) is 8.32. The summed E-state index contributed by atoms with van der Waals surface area (Å²) in [5, 5.41) is 0.773. The molecule has 1 saturated carbocycles. The topological polar surface area (TPSA) is 40.6 Å². The highest BCUT2D eigenvalue weighted by molar-refractivity contribution is 6.31. The molecule has 1 unspecified atom stereocenters. The van der Waals surface area contributed by atoms with Gasteiger partial charge in [0.15, 0.2) is 0 Å². The summed E-state index contributed by atoms with van der Waals surface area (Å²) in [5.41, 5.74) is 1.51. The minimum Gasteiger partial charge on any atom is -0.340 e. The molecule has 0 bridgehead atoms. The van der Waals surface area contributed by atoms with Crippen LogP contribution < -0.4 is 0 Å². The molecule has 0 radical (unpaired) electrons. The van der Waals surface area contributed by atoms with Crippen LogP contribution in [0.2, 0.25) is 5.02 Å². The highest BCUT2D eigenvalue weighted by atomic mass is 35.5. The summed E-state index contributed by atoms with van der Waals surface area (Å²) >= 11 is 6.59. The Kier molecular flexibility index (Phi) is 5.97. The van der Waals surface area contributed by atoms with Crippen LogP contribution in [0.4, 0.5) is 0 Å². The molecule has 2 heterocycles. The van der Waals surface area contributed by atoms with Crippen molar-refractivity contribution in [1.82, 2.24) is 9.80 Å². The molecule has 2 amide bonds. The number of carbonyl (C=O) groups excluding carboxylic acids is 2. The number of carbonyl (C=O) groups is 2. The van der Waals surface area contributed by atoms with E-state index in [9.17, 15) is 9.59 Å². The van der Waals surface area contributed by atoms with Crippen molar-refractivity contribution in [3.8, 4) is 0 Å². The van der Waals surface area contributed by atoms with E-state index in [1.165, 1.54) is 6.08 Å². The monoisotopic (exact) mass is 442 g/mol. The van der Waals surface area contributed by atoms with Crippen molar-refractivity contribution in [2.45, 2.75) is 64.8 Å². The number of halogens is 1. The zero-order valence-corrected chi connectivity index (χ0v) is 19.8. The standard InChI is InChI=1S/C26H35ClN2O2/c1-5-23(30)28-16-26(17-28)12-13-29(18(2)14-26)24(31)20-10-11-25(3,4)15-21(20)19-8-6-7-9-22(19)27/h5-9,18,20-21H,1,10-17H2,2-4H3/t18?,20-,21+/m0/s1. The van der Waals surface area contributed by atoms with Gasteiger partial charge >= 0.3 is 0 Å². The van der Waals surface area contributed by atoms with Gasteiger partial charge in [-0.15, -0.1) is 0 Å². The molecule has 5 heteroatoms. The molecular formula is C26H35ClN2O2. The average molecular weight is 443 g/mol. The van der Waals surface area contributed by atoms with Crippen LogP contribution in [-0.2, 0) is 9.59 Å². The maximum Gasteiger partial charge on any atom is 0.245 e. The lowest BCUT2D eigenvalue weighted by Crippen LogP contribution is -2.64. The summed E-state index contributed by atoms with van der Waals surface area (Å²) < 4.78 is 0. The van der Waals surface area contributed by atoms with Crippen LogP contribution in [0.5, 0.6) is 0 Å². The first-order valence-electron chi connectivity index (χ1n) is 11.6. The first kappa shape index (κ1) is 22.4. The Morgan fingerprint density at radius 2 is 1.87 bits per heavy atom. The van der Waals surface area contributed by atoms with Crippen LogP contribution in [-0.4, -0.2) is 47.3 Å². The van der Waals surface area contributed by atoms with E-state index >= 15 is 0 Å². The summed E-state index contributed by atoms with van der Waals surface area (Å²) in [6.45, 7) is 12.7. The van der Waals surface area contributed by atoms with E-state index in [-0.39, 0.29) is 34.6 Å². The number of piperidine rings is 1. The van der Waals surface area contributed by atoms with Crippen molar-refractivity contribution in [3.05, 3.63) is 47.5 Å². The van der Waals surface area contributed by atoms with Gasteiger partial charge in [-0.05, 0) is 68.1 Å². The zero-order chi connectivity index (χ0) is 22.4. The molecule has 2 saturated heterocycles. The minimum absolute atomic E-state index is 0.00958. The van der Waals surface area contributed by atoms with Gasteiger partial charge in [0.2, 0.25) is 11.8 Å². The molecule has 168 valence electrons. The molecule has 2 aliphatic heterocycles. The molecule has 1 spiro atoms. The van der Waals surface area contributed by atoms with Gasteiger partial charge in [-0.25, -0.2) is 0 Å². The molecule has 1 aliphatic carbocycles. The Bertz CT molecular complexity index is 874. The van der Waals surface area contributed by atoms with Crippen LogP contribution >= 0.6 is 11.6 Å². The number of likely N-dealkylation sites (tertiary alicyclic amines) is 2. The van der Waals surface area contributed by atoms with Gasteiger partial charge in [-0.2, -0.15) is 0 Å². The highest BCUT2D eigenvalue weighted by Crippen LogP contribution is 2.50. The van der Waals surface area contributed by atoms with Gasteiger partial charge in [0.1, 0.15) is 0 Å². The number of amides is 2. The second-order valence-corrected chi connectivity index (χ2v) is 11.3. The number of nitrogens with zero attached hydrogens (tertiary/aromatic N) is 2. The number of benzene rings is 1. The molecule has 0 N–H and O–H groups in total. The molecule has 3 fully saturated rings. The van der Waals surface area contributed by atoms with Crippen LogP contribution in [0.3, 0.4) is 0 Å². The van der Waals surface area contributed by atoms with Crippen molar-refractivity contribution in [3.63, 3.8) is 0 Å². The zero-order valence-electron chi connectivity index (χ0n) is 19.1. The van der Waals surface area contributed by atoms with Crippen LogP contribution in [0.25, 0.3) is 0 Å². The second kappa shape index (κ2) is 8.27. The molecular weight excluding hydrogens is 408 g/mol. The summed E-state index contributed by atoms with van der Waals surface area (Å²) in [6, 6.07) is 8.24. The Morgan fingerprint density at radius 3 is 2.52 bits per heavy atom. The first-order chi connectivity index (χ1) is 14.6. The highest BCUT2D eigenvalue weighted by Gasteiger charge is 2.50. The van der Waals surface area contributed by atoms with Crippen molar-refractivity contribution in [2.75, 3.05) is 19.6 Å². The Labute approximate surface area is 191 Å². The van der Waals surface area contributed by atoms with Gasteiger partial charge in [-0.1, -0.05) is 50.2 Å². The van der Waals surface area contributed by atoms with Crippen molar-refractivity contribution in [2.24, 2.45) is 16.7 Å². The van der Waals surface area contributed by atoms with Crippen LogP contribution in [0.1, 0.15) is 64.4 Å². The van der Waals surface area contributed by atoms with Crippen LogP contribution in [0, 0.1) is 16.7 Å². The van der Waals surface area contributed by atoms with Gasteiger partial charge in [0, 0.05) is 42.0 Å². The van der Waals surface area contributed by atoms with E-state index in [4.69, 9.17) is 11.6 Å². The minimum atomic E-state index is -0.00958. The van der Waals surface area contributed by atoms with E-state index in [2.05, 4.69) is 38.3 Å². The largest absolute Gasteiger partial charge is 0.340 e. The molecule has 4 nitrogen and oxygen atoms in total. The third-order valence-electron chi connectivity index (χ3n) is 7.98. The van der Waals surface area contributed by atoms with Crippen molar-refractivity contribution >= 4 is 23.4 Å². The van der Waals surface area contributed by atoms with E-state index in [0.717, 1.165) is 62.3 Å². The Balaban J connectivity index is 1.49. The normalized spacial score (nSPS) is 29.4. The number of rotatable bonds is 3. The quantitative estimate of drug-likeness (QED) is 0.598. The van der Waals surface area contributed by atoms with E-state index in [1.807, 2.05) is 23.1 Å². The van der Waals surface area contributed by atoms with Gasteiger partial charge in [0.25, 0.3) is 0 Å². The maximum atomic E-state index is 13.8. The maximum absolute atomic E-state index is 13.8. The Morgan fingerprint density at radius 1 is 1.16 bits per heavy atom. The van der Waals surface area contributed by atoms with Crippen molar-refractivity contribution < 1.29 is 9.59 Å². The van der Waals surface area contributed by atoms with Gasteiger partial charge in [-0.3, -0.25) is 9.59 Å². The lowest BCUT2D eigenvalue weighted by Gasteiger charge is -2.56. The smallest absolute Gasteiger partial charge is 0.245 e. The summed E-state index contributed by atoms with van der Waals surface area (Å²) in [4.78, 5) is 29.7. The summed E-state index contributed by atoms with van der Waals surface area (Å²) in [5.74, 6) is 0.465. The average Bonchev–Trinajstić information content (AvgIpc) is 2.70. The predicted molar refractivity (Wildman–Crippen MR) is 125 cm³/mol. The summed E-state index contributed by atoms with van der Waals surface area (Å²) in [6.07, 6.45) is 6.30. The molecule has 4 rings (SSSR count). The van der Waals surface area contributed by atoms with Gasteiger partial charge < -0.3 is 9.80 Å². The van der Waals surface area contributed by atoms with Crippen molar-refractivity contribution in [1.29, 1.82) is 0 Å². The van der Waals surface area contributed by atoms with E-state index in [0.29, 0.717) is 5.91 Å². The second-order valence-electron chi connectivity index (χ2n) is 10.9. The number of hydrogen-bond donors (Lipinski definition) is 0. The fraction of sp³-hybridized carbons (Fsp3) is 0.615. The molecule has 3 aliphatic rings. The van der Waals surface area contributed by atoms with Gasteiger partial charge in [0.05, 0.1) is 0 Å². The molecule has 0 aromatic heterocycles. The molecule has 31 heavy (non-hydrogen) atoms. The first-order valence-corrected chi connectivity index (χ1v) is 12.0. The van der Waals surface area contributed by atoms with E-state index in [1.54, 1.807) is 0 Å². The fourth-order valence-corrected chi connectivity index (χ4v) is 6.55. The lowest BCUT2D eigenvalue weighted by atomic mass is 9.64. The summed E-state index contributed by atoms with van der Waals surface area (Å²) in [7, 11) is 0. The molecule has 1 aromatic rings. The van der Waals surface area contributed by atoms with E-state index < -0.39 is 0 Å². The molecule has 3 atom stereocenters.